The maximum atomic E-state index is 11.8. The number of rotatable bonds is 8. The van der Waals surface area contributed by atoms with Crippen LogP contribution < -0.4 is 0 Å². The molecule has 1 rings (SSSR count). The monoisotopic (exact) mass is 308 g/mol. The smallest absolute Gasteiger partial charge is 0.338 e. The first-order chi connectivity index (χ1) is 10.5. The Labute approximate surface area is 129 Å². The summed E-state index contributed by atoms with van der Waals surface area (Å²) in [6.45, 7) is 3.96. The van der Waals surface area contributed by atoms with E-state index in [1.54, 1.807) is 26.0 Å². The molecule has 0 spiro atoms. The first-order valence-corrected chi connectivity index (χ1v) is 7.14. The molecule has 0 radical (unpaired) electrons. The lowest BCUT2D eigenvalue weighted by atomic mass is 9.99. The predicted molar refractivity (Wildman–Crippen MR) is 78.7 cm³/mol. The van der Waals surface area contributed by atoms with Crippen molar-refractivity contribution in [2.24, 2.45) is 0 Å². The van der Waals surface area contributed by atoms with Crippen molar-refractivity contribution in [3.8, 4) is 0 Å². The van der Waals surface area contributed by atoms with Crippen molar-refractivity contribution in [1.82, 2.24) is 0 Å². The van der Waals surface area contributed by atoms with Gasteiger partial charge in [0.25, 0.3) is 0 Å². The van der Waals surface area contributed by atoms with E-state index in [9.17, 15) is 14.4 Å². The highest BCUT2D eigenvalue weighted by molar-refractivity contribution is 5.92. The van der Waals surface area contributed by atoms with E-state index in [1.165, 1.54) is 6.07 Å². The number of carbonyl (C=O) groups excluding carboxylic acids is 2. The Morgan fingerprint density at radius 2 is 1.77 bits per heavy atom. The van der Waals surface area contributed by atoms with Crippen LogP contribution in [0.2, 0.25) is 0 Å². The molecule has 0 amide bonds. The number of aliphatic carboxylic acids is 1. The van der Waals surface area contributed by atoms with Crippen molar-refractivity contribution in [2.75, 3.05) is 13.2 Å². The molecule has 0 unspecified atom stereocenters. The van der Waals surface area contributed by atoms with Crippen molar-refractivity contribution in [3.63, 3.8) is 0 Å². The van der Waals surface area contributed by atoms with Gasteiger partial charge in [0.1, 0.15) is 0 Å². The van der Waals surface area contributed by atoms with Crippen LogP contribution in [0.15, 0.2) is 18.2 Å². The Morgan fingerprint density at radius 1 is 1.09 bits per heavy atom. The average Bonchev–Trinajstić information content (AvgIpc) is 2.45. The molecule has 0 aliphatic carbocycles. The molecule has 0 aliphatic rings. The highest BCUT2D eigenvalue weighted by Crippen LogP contribution is 2.16. The van der Waals surface area contributed by atoms with Gasteiger partial charge in [0.2, 0.25) is 0 Å². The van der Waals surface area contributed by atoms with Gasteiger partial charge in [-0.25, -0.2) is 4.79 Å². The van der Waals surface area contributed by atoms with Gasteiger partial charge >= 0.3 is 17.9 Å². The highest BCUT2D eigenvalue weighted by atomic mass is 16.5. The second kappa shape index (κ2) is 8.81. The fourth-order valence-corrected chi connectivity index (χ4v) is 2.00. The number of carboxylic acids is 1. The predicted octanol–water partition coefficient (Wildman–Crippen LogP) is 1.99. The first-order valence-electron chi connectivity index (χ1n) is 7.14. The van der Waals surface area contributed by atoms with Crippen molar-refractivity contribution >= 4 is 17.9 Å². The highest BCUT2D eigenvalue weighted by Gasteiger charge is 2.15. The largest absolute Gasteiger partial charge is 0.481 e. The van der Waals surface area contributed by atoms with Gasteiger partial charge in [-0.2, -0.15) is 0 Å². The van der Waals surface area contributed by atoms with Crippen LogP contribution in [0, 0.1) is 0 Å². The van der Waals surface area contributed by atoms with Crippen LogP contribution in [0.3, 0.4) is 0 Å². The maximum Gasteiger partial charge on any atom is 0.338 e. The number of hydrogen-bond acceptors (Lipinski definition) is 5. The summed E-state index contributed by atoms with van der Waals surface area (Å²) in [5.74, 6) is -1.89. The van der Waals surface area contributed by atoms with Gasteiger partial charge in [-0.05, 0) is 37.5 Å². The number of ether oxygens (including phenoxy) is 2. The number of aryl methyl sites for hydroxylation is 1. The topological polar surface area (TPSA) is 89.9 Å². The van der Waals surface area contributed by atoms with E-state index in [1.807, 2.05) is 0 Å². The standard InChI is InChI=1S/C16H20O6/c1-3-21-15(19)8-6-11-5-7-13(16(20)22-4-2)12(9-11)10-14(17)18/h5,7,9H,3-4,6,8,10H2,1-2H3,(H,17,18). The van der Waals surface area contributed by atoms with E-state index in [0.717, 1.165) is 5.56 Å². The third-order valence-corrected chi connectivity index (χ3v) is 2.93. The quantitative estimate of drug-likeness (QED) is 0.739. The minimum Gasteiger partial charge on any atom is -0.481 e. The molecule has 0 saturated heterocycles. The molecule has 22 heavy (non-hydrogen) atoms. The molecule has 6 nitrogen and oxygen atoms in total. The number of carbonyl (C=O) groups is 3. The van der Waals surface area contributed by atoms with Crippen LogP contribution in [0.4, 0.5) is 0 Å². The lowest BCUT2D eigenvalue weighted by Gasteiger charge is -2.10. The van der Waals surface area contributed by atoms with Crippen LogP contribution in [-0.4, -0.2) is 36.2 Å². The molecule has 1 aromatic rings. The second-order valence-electron chi connectivity index (χ2n) is 4.59. The zero-order valence-electron chi connectivity index (χ0n) is 12.8. The minimum atomic E-state index is -1.03. The molecule has 0 aromatic heterocycles. The van der Waals surface area contributed by atoms with Gasteiger partial charge in [0.05, 0.1) is 25.2 Å². The molecule has 0 saturated carbocycles. The number of hydrogen-bond donors (Lipinski definition) is 1. The fourth-order valence-electron chi connectivity index (χ4n) is 2.00. The third kappa shape index (κ3) is 5.55. The van der Waals surface area contributed by atoms with Gasteiger partial charge in [-0.15, -0.1) is 0 Å². The summed E-state index contributed by atoms with van der Waals surface area (Å²) in [5.41, 5.74) is 1.40. The third-order valence-electron chi connectivity index (χ3n) is 2.93. The summed E-state index contributed by atoms with van der Waals surface area (Å²) in [6.07, 6.45) is 0.356. The summed E-state index contributed by atoms with van der Waals surface area (Å²) >= 11 is 0. The number of esters is 2. The molecule has 0 bridgehead atoms. The molecular weight excluding hydrogens is 288 g/mol. The lowest BCUT2D eigenvalue weighted by Crippen LogP contribution is -2.12. The van der Waals surface area contributed by atoms with E-state index >= 15 is 0 Å². The van der Waals surface area contributed by atoms with E-state index in [2.05, 4.69) is 0 Å². The Hall–Kier alpha value is -2.37. The summed E-state index contributed by atoms with van der Waals surface area (Å²) in [6, 6.07) is 4.85. The van der Waals surface area contributed by atoms with Crippen LogP contribution in [0.25, 0.3) is 0 Å². The van der Waals surface area contributed by atoms with E-state index in [4.69, 9.17) is 14.6 Å². The molecule has 120 valence electrons. The normalized spacial score (nSPS) is 10.1. The lowest BCUT2D eigenvalue weighted by molar-refractivity contribution is -0.143. The molecular formula is C16H20O6. The molecule has 0 aliphatic heterocycles. The van der Waals surface area contributed by atoms with E-state index < -0.39 is 11.9 Å². The van der Waals surface area contributed by atoms with Crippen LogP contribution in [0.1, 0.15) is 41.8 Å². The zero-order chi connectivity index (χ0) is 16.5. The van der Waals surface area contributed by atoms with E-state index in [-0.39, 0.29) is 31.0 Å². The molecule has 0 atom stereocenters. The van der Waals surface area contributed by atoms with Gasteiger partial charge in [-0.1, -0.05) is 12.1 Å². The zero-order valence-corrected chi connectivity index (χ0v) is 12.8. The maximum absolute atomic E-state index is 11.8. The summed E-state index contributed by atoms with van der Waals surface area (Å²) < 4.78 is 9.76. The summed E-state index contributed by atoms with van der Waals surface area (Å²) in [4.78, 5) is 34.1. The molecule has 0 heterocycles. The van der Waals surface area contributed by atoms with Crippen molar-refractivity contribution < 1.29 is 29.0 Å². The molecule has 6 heteroatoms. The Morgan fingerprint density at radius 3 is 2.36 bits per heavy atom. The van der Waals surface area contributed by atoms with Crippen molar-refractivity contribution in [1.29, 1.82) is 0 Å². The SMILES string of the molecule is CCOC(=O)CCc1ccc(C(=O)OCC)c(CC(=O)O)c1. The van der Waals surface area contributed by atoms with Crippen LogP contribution in [0.5, 0.6) is 0 Å². The molecule has 1 N–H and O–H groups in total. The minimum absolute atomic E-state index is 0.207. The van der Waals surface area contributed by atoms with Gasteiger partial charge in [0.15, 0.2) is 0 Å². The van der Waals surface area contributed by atoms with Crippen LogP contribution >= 0.6 is 0 Å². The van der Waals surface area contributed by atoms with Crippen molar-refractivity contribution in [2.45, 2.75) is 33.1 Å². The van der Waals surface area contributed by atoms with Gasteiger partial charge in [0, 0.05) is 6.42 Å². The van der Waals surface area contributed by atoms with Gasteiger partial charge < -0.3 is 14.6 Å². The second-order valence-corrected chi connectivity index (χ2v) is 4.59. The first kappa shape index (κ1) is 17.7. The van der Waals surface area contributed by atoms with Crippen LogP contribution in [-0.2, 0) is 31.9 Å². The Balaban J connectivity index is 2.91. The average molecular weight is 308 g/mol. The fraction of sp³-hybridized carbons (Fsp3) is 0.438. The van der Waals surface area contributed by atoms with Gasteiger partial charge in [-0.3, -0.25) is 9.59 Å². The van der Waals surface area contributed by atoms with Crippen molar-refractivity contribution in [3.05, 3.63) is 34.9 Å². The number of carboxylic acid groups (broad SMARTS) is 1. The Kier molecular flexibility index (Phi) is 7.08. The molecule has 0 fully saturated rings. The Bertz CT molecular complexity index is 550. The number of benzene rings is 1. The molecule has 1 aromatic carbocycles. The van der Waals surface area contributed by atoms with E-state index in [0.29, 0.717) is 18.6 Å². The summed E-state index contributed by atoms with van der Waals surface area (Å²) in [7, 11) is 0. The summed E-state index contributed by atoms with van der Waals surface area (Å²) in [5, 5.41) is 8.96.